The Bertz CT molecular complexity index is 1250. The number of pyridine rings is 1. The van der Waals surface area contributed by atoms with Gasteiger partial charge in [-0.05, 0) is 48.2 Å². The van der Waals surface area contributed by atoms with E-state index in [9.17, 15) is 4.79 Å². The van der Waals surface area contributed by atoms with Gasteiger partial charge in [-0.25, -0.2) is 4.98 Å². The number of nitriles is 1. The van der Waals surface area contributed by atoms with Crippen molar-refractivity contribution in [3.8, 4) is 6.07 Å². The molecule has 2 heterocycles. The largest absolute Gasteiger partial charge is 0.356 e. The van der Waals surface area contributed by atoms with Crippen molar-refractivity contribution in [2.24, 2.45) is 0 Å². The van der Waals surface area contributed by atoms with Crippen LogP contribution in [0.2, 0.25) is 0 Å². The molecule has 3 aromatic rings. The van der Waals surface area contributed by atoms with Crippen LogP contribution >= 0.6 is 0 Å². The van der Waals surface area contributed by atoms with Crippen molar-refractivity contribution >= 4 is 17.4 Å². The maximum Gasteiger partial charge on any atom is 0.241 e. The number of amides is 1. The minimum atomic E-state index is -0.126. The van der Waals surface area contributed by atoms with Gasteiger partial charge in [0.1, 0.15) is 5.82 Å². The third-order valence-electron chi connectivity index (χ3n) is 6.89. The SMILES string of the molecule is C=C(Nc1ccc(N2CC(=O)N(C)CC2C)cn1)C(NCC(C)c1ccc(C#N)cc1)c1ccccc1. The molecule has 2 N–H and O–H groups in total. The van der Waals surface area contributed by atoms with Gasteiger partial charge in [0.2, 0.25) is 5.91 Å². The third kappa shape index (κ3) is 6.35. The summed E-state index contributed by atoms with van der Waals surface area (Å²) in [5.41, 5.74) is 4.66. The van der Waals surface area contributed by atoms with Gasteiger partial charge in [0.05, 0.1) is 36.1 Å². The number of carbonyl (C=O) groups excluding carboxylic acids is 1. The van der Waals surface area contributed by atoms with E-state index in [0.29, 0.717) is 24.5 Å². The average Bonchev–Trinajstić information content (AvgIpc) is 2.92. The van der Waals surface area contributed by atoms with E-state index in [4.69, 9.17) is 5.26 Å². The lowest BCUT2D eigenvalue weighted by atomic mass is 9.98. The number of hydrogen-bond donors (Lipinski definition) is 2. The first-order chi connectivity index (χ1) is 17.9. The van der Waals surface area contributed by atoms with Crippen molar-refractivity contribution in [3.05, 3.63) is 102 Å². The smallest absolute Gasteiger partial charge is 0.241 e. The summed E-state index contributed by atoms with van der Waals surface area (Å²) in [4.78, 5) is 20.7. The Kier molecular flexibility index (Phi) is 8.22. The van der Waals surface area contributed by atoms with Gasteiger partial charge >= 0.3 is 0 Å². The fraction of sp³-hybridized carbons (Fsp3) is 0.300. The Hall–Kier alpha value is -4.15. The van der Waals surface area contributed by atoms with Crippen molar-refractivity contribution in [3.63, 3.8) is 0 Å². The number of rotatable bonds is 9. The van der Waals surface area contributed by atoms with E-state index >= 15 is 0 Å². The molecule has 3 unspecified atom stereocenters. The number of carbonyl (C=O) groups is 1. The van der Waals surface area contributed by atoms with E-state index in [-0.39, 0.29) is 23.9 Å². The van der Waals surface area contributed by atoms with E-state index in [2.05, 4.69) is 59.1 Å². The number of aromatic nitrogens is 1. The highest BCUT2D eigenvalue weighted by atomic mass is 16.2. The van der Waals surface area contributed by atoms with Crippen LogP contribution in [0.4, 0.5) is 11.5 Å². The van der Waals surface area contributed by atoms with Crippen LogP contribution in [0.3, 0.4) is 0 Å². The molecule has 0 saturated carbocycles. The lowest BCUT2D eigenvalue weighted by molar-refractivity contribution is -0.130. The first-order valence-corrected chi connectivity index (χ1v) is 12.6. The lowest BCUT2D eigenvalue weighted by Crippen LogP contribution is -2.53. The van der Waals surface area contributed by atoms with Crippen LogP contribution in [0.5, 0.6) is 0 Å². The molecule has 190 valence electrons. The molecule has 7 nitrogen and oxygen atoms in total. The van der Waals surface area contributed by atoms with Crippen LogP contribution in [0.15, 0.2) is 85.2 Å². The minimum absolute atomic E-state index is 0.112. The van der Waals surface area contributed by atoms with Crippen molar-refractivity contribution < 1.29 is 4.79 Å². The van der Waals surface area contributed by atoms with E-state index in [1.54, 1.807) is 4.90 Å². The molecule has 1 amide bonds. The molecule has 0 radical (unpaired) electrons. The topological polar surface area (TPSA) is 84.3 Å². The maximum absolute atomic E-state index is 12.2. The maximum atomic E-state index is 12.2. The first kappa shape index (κ1) is 25.9. The number of hydrogen-bond acceptors (Lipinski definition) is 6. The van der Waals surface area contributed by atoms with Gasteiger partial charge in [0.25, 0.3) is 0 Å². The molecule has 0 aliphatic carbocycles. The molecule has 7 heteroatoms. The van der Waals surface area contributed by atoms with E-state index in [1.165, 1.54) is 5.56 Å². The van der Waals surface area contributed by atoms with Crippen LogP contribution in [0.1, 0.15) is 42.5 Å². The van der Waals surface area contributed by atoms with Gasteiger partial charge in [-0.2, -0.15) is 5.26 Å². The lowest BCUT2D eigenvalue weighted by Gasteiger charge is -2.39. The average molecular weight is 495 g/mol. The number of anilines is 2. The Labute approximate surface area is 219 Å². The van der Waals surface area contributed by atoms with Crippen LogP contribution in [-0.4, -0.2) is 48.5 Å². The normalized spacial score (nSPS) is 17.1. The van der Waals surface area contributed by atoms with Gasteiger partial charge in [-0.15, -0.1) is 0 Å². The fourth-order valence-corrected chi connectivity index (χ4v) is 4.62. The zero-order valence-electron chi connectivity index (χ0n) is 21.7. The van der Waals surface area contributed by atoms with Crippen LogP contribution in [0, 0.1) is 11.3 Å². The Morgan fingerprint density at radius 2 is 1.86 bits per heavy atom. The van der Waals surface area contributed by atoms with E-state index < -0.39 is 0 Å². The number of benzene rings is 2. The van der Waals surface area contributed by atoms with Gasteiger partial charge in [0.15, 0.2) is 0 Å². The zero-order valence-corrected chi connectivity index (χ0v) is 21.7. The van der Waals surface area contributed by atoms with Crippen LogP contribution in [0.25, 0.3) is 0 Å². The predicted molar refractivity (Wildman–Crippen MR) is 148 cm³/mol. The molecule has 0 spiro atoms. The second kappa shape index (κ2) is 11.7. The molecule has 2 aromatic carbocycles. The molecule has 1 saturated heterocycles. The van der Waals surface area contributed by atoms with Crippen molar-refractivity contribution in [2.75, 3.05) is 36.9 Å². The summed E-state index contributed by atoms with van der Waals surface area (Å²) in [6.45, 7) is 10.4. The second-order valence-electron chi connectivity index (χ2n) is 9.69. The van der Waals surface area contributed by atoms with E-state index in [0.717, 1.165) is 23.5 Å². The molecule has 1 aliphatic rings. The summed E-state index contributed by atoms with van der Waals surface area (Å²) in [7, 11) is 1.84. The molecule has 1 aliphatic heterocycles. The second-order valence-corrected chi connectivity index (χ2v) is 9.69. The monoisotopic (exact) mass is 494 g/mol. The molecular formula is C30H34N6O. The minimum Gasteiger partial charge on any atom is -0.356 e. The molecule has 3 atom stereocenters. The first-order valence-electron chi connectivity index (χ1n) is 12.6. The summed E-state index contributed by atoms with van der Waals surface area (Å²) < 4.78 is 0. The zero-order chi connectivity index (χ0) is 26.4. The number of likely N-dealkylation sites (N-methyl/N-ethyl adjacent to an activating group) is 1. The Morgan fingerprint density at radius 3 is 2.51 bits per heavy atom. The highest BCUT2D eigenvalue weighted by Gasteiger charge is 2.27. The van der Waals surface area contributed by atoms with Gasteiger partial charge in [-0.3, -0.25) is 4.79 Å². The molecule has 37 heavy (non-hydrogen) atoms. The van der Waals surface area contributed by atoms with Crippen LogP contribution in [-0.2, 0) is 4.79 Å². The standard InChI is InChI=1S/C30H34N6O/c1-21(25-12-10-24(16-31)11-13-25)17-33-30(26-8-6-5-7-9-26)23(3)34-28-15-14-27(18-32-28)36-20-29(37)35(4)19-22(36)2/h5-15,18,21-22,30,33H,3,17,19-20H2,1-2,4H3,(H,32,34). The van der Waals surface area contributed by atoms with Gasteiger partial charge < -0.3 is 20.4 Å². The highest BCUT2D eigenvalue weighted by Crippen LogP contribution is 2.25. The summed E-state index contributed by atoms with van der Waals surface area (Å²) >= 11 is 0. The van der Waals surface area contributed by atoms with Crippen molar-refractivity contribution in [1.82, 2.24) is 15.2 Å². The molecule has 1 aromatic heterocycles. The van der Waals surface area contributed by atoms with Gasteiger partial charge in [-0.1, -0.05) is 56.0 Å². The summed E-state index contributed by atoms with van der Waals surface area (Å²) in [5.74, 6) is 1.06. The number of nitrogens with one attached hydrogen (secondary N) is 2. The Morgan fingerprint density at radius 1 is 1.14 bits per heavy atom. The molecule has 0 bridgehead atoms. The quantitative estimate of drug-likeness (QED) is 0.449. The predicted octanol–water partition coefficient (Wildman–Crippen LogP) is 4.68. The molecule has 1 fully saturated rings. The van der Waals surface area contributed by atoms with E-state index in [1.807, 2.05) is 67.8 Å². The van der Waals surface area contributed by atoms with Crippen LogP contribution < -0.4 is 15.5 Å². The van der Waals surface area contributed by atoms with Gasteiger partial charge in [0, 0.05) is 31.9 Å². The number of nitrogens with zero attached hydrogens (tertiary/aromatic N) is 4. The Balaban J connectivity index is 1.44. The third-order valence-corrected chi connectivity index (χ3v) is 6.89. The van der Waals surface area contributed by atoms with Crippen molar-refractivity contribution in [2.45, 2.75) is 31.8 Å². The summed E-state index contributed by atoms with van der Waals surface area (Å²) in [6, 6.07) is 24.1. The summed E-state index contributed by atoms with van der Waals surface area (Å²) in [5, 5.41) is 16.1. The fourth-order valence-electron chi connectivity index (χ4n) is 4.62. The highest BCUT2D eigenvalue weighted by molar-refractivity contribution is 5.83. The summed E-state index contributed by atoms with van der Waals surface area (Å²) in [6.07, 6.45) is 1.81. The molecule has 4 rings (SSSR count). The van der Waals surface area contributed by atoms with Crippen molar-refractivity contribution in [1.29, 1.82) is 5.26 Å². The molecular weight excluding hydrogens is 460 g/mol. The number of piperazine rings is 1.